The molecule has 0 aromatic heterocycles. The molecule has 0 bridgehead atoms. The number of thioether (sulfide) groups is 1. The third-order valence-electron chi connectivity index (χ3n) is 3.34. The molecule has 1 amide bonds. The highest BCUT2D eigenvalue weighted by Gasteiger charge is 2.21. The topological polar surface area (TPSA) is 41.1 Å². The van der Waals surface area contributed by atoms with Crippen molar-refractivity contribution in [2.24, 2.45) is 0 Å². The molecule has 2 aliphatic rings. The molecule has 1 unspecified atom stereocenters. The second-order valence-corrected chi connectivity index (χ2v) is 6.33. The van der Waals surface area contributed by atoms with Gasteiger partial charge in [-0.1, -0.05) is 11.6 Å². The van der Waals surface area contributed by atoms with E-state index in [1.807, 2.05) is 23.9 Å². The number of nitrogens with one attached hydrogen (secondary N) is 2. The summed E-state index contributed by atoms with van der Waals surface area (Å²) in [5.74, 6) is 2.44. The van der Waals surface area contributed by atoms with Gasteiger partial charge in [0.15, 0.2) is 0 Å². The van der Waals surface area contributed by atoms with Gasteiger partial charge < -0.3 is 10.6 Å². The smallest absolute Gasteiger partial charge is 0.228 e. The van der Waals surface area contributed by atoms with Gasteiger partial charge in [-0.3, -0.25) is 4.79 Å². The Labute approximate surface area is 116 Å². The molecule has 1 saturated heterocycles. The molecule has 1 fully saturated rings. The lowest BCUT2D eigenvalue weighted by Crippen LogP contribution is -2.25. The molecule has 2 aliphatic heterocycles. The van der Waals surface area contributed by atoms with Crippen LogP contribution in [0, 0.1) is 0 Å². The number of hydrogen-bond acceptors (Lipinski definition) is 3. The standard InChI is InChI=1S/C13H15ClN2OS/c14-10-6-11-8(5-13(17)16-11)4-12(10)15-9-2-1-3-18-7-9/h4,6,9,15H,1-3,5,7H2,(H,16,17). The number of anilines is 2. The number of fused-ring (bicyclic) bond motifs is 1. The summed E-state index contributed by atoms with van der Waals surface area (Å²) in [4.78, 5) is 11.3. The lowest BCUT2D eigenvalue weighted by atomic mass is 10.1. The summed E-state index contributed by atoms with van der Waals surface area (Å²) in [7, 11) is 0. The molecule has 96 valence electrons. The number of carbonyl (C=O) groups is 1. The minimum Gasteiger partial charge on any atom is -0.380 e. The largest absolute Gasteiger partial charge is 0.380 e. The van der Waals surface area contributed by atoms with Crippen molar-refractivity contribution in [3.05, 3.63) is 22.7 Å². The molecule has 3 rings (SSSR count). The molecule has 0 spiro atoms. The average molecular weight is 283 g/mol. The molecule has 0 saturated carbocycles. The Hall–Kier alpha value is -0.870. The molecule has 1 aromatic rings. The lowest BCUT2D eigenvalue weighted by molar-refractivity contribution is -0.115. The first-order valence-electron chi connectivity index (χ1n) is 6.19. The lowest BCUT2D eigenvalue weighted by Gasteiger charge is -2.24. The van der Waals surface area contributed by atoms with Crippen LogP contribution in [0.5, 0.6) is 0 Å². The summed E-state index contributed by atoms with van der Waals surface area (Å²) in [5.41, 5.74) is 2.85. The van der Waals surface area contributed by atoms with Crippen molar-refractivity contribution < 1.29 is 4.79 Å². The van der Waals surface area contributed by atoms with Crippen LogP contribution in [0.2, 0.25) is 5.02 Å². The maximum atomic E-state index is 11.3. The van der Waals surface area contributed by atoms with Gasteiger partial charge in [-0.2, -0.15) is 11.8 Å². The molecule has 2 heterocycles. The van der Waals surface area contributed by atoms with Gasteiger partial charge in [-0.25, -0.2) is 0 Å². The Morgan fingerprint density at radius 3 is 3.11 bits per heavy atom. The molecule has 0 radical (unpaired) electrons. The minimum atomic E-state index is 0.0476. The van der Waals surface area contributed by atoms with E-state index >= 15 is 0 Å². The van der Waals surface area contributed by atoms with Crippen LogP contribution in [0.4, 0.5) is 11.4 Å². The first-order chi connectivity index (χ1) is 8.72. The summed E-state index contributed by atoms with van der Waals surface area (Å²) in [5, 5.41) is 7.00. The fourth-order valence-corrected chi connectivity index (χ4v) is 3.72. The number of benzene rings is 1. The second kappa shape index (κ2) is 5.02. The zero-order valence-electron chi connectivity index (χ0n) is 9.96. The van der Waals surface area contributed by atoms with Crippen LogP contribution in [0.1, 0.15) is 18.4 Å². The maximum absolute atomic E-state index is 11.3. The van der Waals surface area contributed by atoms with Crippen LogP contribution >= 0.6 is 23.4 Å². The van der Waals surface area contributed by atoms with E-state index in [2.05, 4.69) is 10.6 Å². The van der Waals surface area contributed by atoms with Gasteiger partial charge in [0.1, 0.15) is 0 Å². The zero-order valence-corrected chi connectivity index (χ0v) is 11.5. The van der Waals surface area contributed by atoms with E-state index in [-0.39, 0.29) is 5.91 Å². The minimum absolute atomic E-state index is 0.0476. The van der Waals surface area contributed by atoms with Gasteiger partial charge in [0, 0.05) is 17.5 Å². The quantitative estimate of drug-likeness (QED) is 0.876. The van der Waals surface area contributed by atoms with Gasteiger partial charge in [-0.05, 0) is 36.3 Å². The molecule has 18 heavy (non-hydrogen) atoms. The molecule has 3 nitrogen and oxygen atoms in total. The fourth-order valence-electron chi connectivity index (χ4n) is 2.43. The number of hydrogen-bond donors (Lipinski definition) is 2. The Bertz CT molecular complexity index is 486. The van der Waals surface area contributed by atoms with Gasteiger partial charge in [0.25, 0.3) is 0 Å². The van der Waals surface area contributed by atoms with Crippen LogP contribution in [-0.4, -0.2) is 23.5 Å². The van der Waals surface area contributed by atoms with Crippen LogP contribution in [0.15, 0.2) is 12.1 Å². The molecule has 2 N–H and O–H groups in total. The van der Waals surface area contributed by atoms with Crippen molar-refractivity contribution in [3.63, 3.8) is 0 Å². The summed E-state index contributed by atoms with van der Waals surface area (Å²) < 4.78 is 0. The van der Waals surface area contributed by atoms with E-state index in [9.17, 15) is 4.79 Å². The first kappa shape index (κ1) is 12.2. The van der Waals surface area contributed by atoms with E-state index in [0.29, 0.717) is 17.5 Å². The predicted octanol–water partition coefficient (Wildman–Crippen LogP) is 3.14. The normalized spacial score (nSPS) is 22.5. The van der Waals surface area contributed by atoms with Crippen LogP contribution in [0.3, 0.4) is 0 Å². The highest BCUT2D eigenvalue weighted by molar-refractivity contribution is 7.99. The number of amides is 1. The van der Waals surface area contributed by atoms with Crippen molar-refractivity contribution in [1.29, 1.82) is 0 Å². The zero-order chi connectivity index (χ0) is 12.5. The molecular weight excluding hydrogens is 268 g/mol. The predicted molar refractivity (Wildman–Crippen MR) is 77.8 cm³/mol. The van der Waals surface area contributed by atoms with Gasteiger partial charge in [0.05, 0.1) is 17.1 Å². The number of rotatable bonds is 2. The SMILES string of the molecule is O=C1Cc2cc(NC3CCCSC3)c(Cl)cc2N1. The van der Waals surface area contributed by atoms with E-state index in [4.69, 9.17) is 11.6 Å². The van der Waals surface area contributed by atoms with E-state index in [1.165, 1.54) is 18.6 Å². The number of halogens is 1. The monoisotopic (exact) mass is 282 g/mol. The third-order valence-corrected chi connectivity index (χ3v) is 4.87. The Kier molecular flexibility index (Phi) is 3.39. The Balaban J connectivity index is 1.80. The average Bonchev–Trinajstić information content (AvgIpc) is 2.70. The Morgan fingerprint density at radius 2 is 2.33 bits per heavy atom. The van der Waals surface area contributed by atoms with Crippen LogP contribution in [-0.2, 0) is 11.2 Å². The van der Waals surface area contributed by atoms with Crippen LogP contribution < -0.4 is 10.6 Å². The van der Waals surface area contributed by atoms with Gasteiger partial charge in [0.2, 0.25) is 5.91 Å². The summed E-state index contributed by atoms with van der Waals surface area (Å²) in [6.45, 7) is 0. The summed E-state index contributed by atoms with van der Waals surface area (Å²) in [6, 6.07) is 4.35. The highest BCUT2D eigenvalue weighted by atomic mass is 35.5. The Morgan fingerprint density at radius 1 is 1.44 bits per heavy atom. The van der Waals surface area contributed by atoms with Crippen molar-refractivity contribution in [1.82, 2.24) is 0 Å². The fraction of sp³-hybridized carbons (Fsp3) is 0.462. The van der Waals surface area contributed by atoms with Crippen molar-refractivity contribution in [3.8, 4) is 0 Å². The molecular formula is C13H15ClN2OS. The first-order valence-corrected chi connectivity index (χ1v) is 7.72. The van der Waals surface area contributed by atoms with E-state index in [0.717, 1.165) is 22.7 Å². The molecule has 0 aliphatic carbocycles. The second-order valence-electron chi connectivity index (χ2n) is 4.77. The molecule has 5 heteroatoms. The summed E-state index contributed by atoms with van der Waals surface area (Å²) in [6.07, 6.45) is 2.91. The summed E-state index contributed by atoms with van der Waals surface area (Å²) >= 11 is 8.24. The van der Waals surface area contributed by atoms with Gasteiger partial charge in [-0.15, -0.1) is 0 Å². The van der Waals surface area contributed by atoms with Crippen LogP contribution in [0.25, 0.3) is 0 Å². The van der Waals surface area contributed by atoms with Crippen molar-refractivity contribution in [2.75, 3.05) is 22.1 Å². The third kappa shape index (κ3) is 2.45. The van der Waals surface area contributed by atoms with E-state index < -0.39 is 0 Å². The van der Waals surface area contributed by atoms with E-state index in [1.54, 1.807) is 0 Å². The van der Waals surface area contributed by atoms with Gasteiger partial charge >= 0.3 is 0 Å². The number of carbonyl (C=O) groups excluding carboxylic acids is 1. The molecule has 1 aromatic carbocycles. The van der Waals surface area contributed by atoms with Crippen molar-refractivity contribution >= 4 is 40.6 Å². The molecule has 1 atom stereocenters. The maximum Gasteiger partial charge on any atom is 0.228 e. The van der Waals surface area contributed by atoms with Crippen molar-refractivity contribution in [2.45, 2.75) is 25.3 Å². The highest BCUT2D eigenvalue weighted by Crippen LogP contribution is 2.34.